The molecule has 0 spiro atoms. The van der Waals surface area contributed by atoms with E-state index in [-0.39, 0.29) is 0 Å². The summed E-state index contributed by atoms with van der Waals surface area (Å²) >= 11 is 0. The predicted molar refractivity (Wildman–Crippen MR) is 66.4 cm³/mol. The van der Waals surface area contributed by atoms with Crippen molar-refractivity contribution in [3.63, 3.8) is 0 Å². The van der Waals surface area contributed by atoms with Gasteiger partial charge in [-0.05, 0) is 43.4 Å². The van der Waals surface area contributed by atoms with Gasteiger partial charge in [0.25, 0.3) is 0 Å². The molecule has 2 rings (SSSR count). The van der Waals surface area contributed by atoms with Gasteiger partial charge in [0.05, 0.1) is 0 Å². The van der Waals surface area contributed by atoms with Crippen molar-refractivity contribution in [3.05, 3.63) is 29.8 Å². The van der Waals surface area contributed by atoms with Gasteiger partial charge in [-0.25, -0.2) is 0 Å². The molecule has 0 heterocycles. The molecule has 2 heteroatoms. The molecular weight excluding hydrogens is 198 g/mol. The minimum atomic E-state index is 0.340. The quantitative estimate of drug-likeness (QED) is 0.815. The Kier molecular flexibility index (Phi) is 3.83. The highest BCUT2D eigenvalue weighted by Crippen LogP contribution is 2.27. The molecule has 1 aliphatic carbocycles. The molecule has 16 heavy (non-hydrogen) atoms. The first-order valence-corrected chi connectivity index (χ1v) is 6.27. The van der Waals surface area contributed by atoms with Gasteiger partial charge in [-0.1, -0.05) is 25.0 Å². The number of hydrogen-bond donors (Lipinski definition) is 2. The van der Waals surface area contributed by atoms with E-state index in [1.807, 2.05) is 12.1 Å². The summed E-state index contributed by atoms with van der Waals surface area (Å²) < 4.78 is 0. The van der Waals surface area contributed by atoms with E-state index in [0.717, 1.165) is 12.5 Å². The Morgan fingerprint density at radius 1 is 1.25 bits per heavy atom. The molecule has 0 amide bonds. The fourth-order valence-electron chi connectivity index (χ4n) is 2.52. The summed E-state index contributed by atoms with van der Waals surface area (Å²) in [6, 6.07) is 8.05. The average Bonchev–Trinajstić information content (AvgIpc) is 2.81. The van der Waals surface area contributed by atoms with Gasteiger partial charge >= 0.3 is 0 Å². The van der Waals surface area contributed by atoms with Crippen molar-refractivity contribution in [1.29, 1.82) is 0 Å². The third-order valence-corrected chi connectivity index (χ3v) is 3.67. The zero-order chi connectivity index (χ0) is 11.4. The number of aromatic hydroxyl groups is 1. The number of hydrogen-bond acceptors (Lipinski definition) is 2. The van der Waals surface area contributed by atoms with E-state index in [1.54, 1.807) is 12.1 Å². The van der Waals surface area contributed by atoms with Crippen molar-refractivity contribution < 1.29 is 5.11 Å². The van der Waals surface area contributed by atoms with Gasteiger partial charge in [0, 0.05) is 12.6 Å². The molecule has 0 saturated heterocycles. The number of rotatable bonds is 4. The van der Waals surface area contributed by atoms with Crippen LogP contribution in [0.2, 0.25) is 0 Å². The van der Waals surface area contributed by atoms with Crippen LogP contribution >= 0.6 is 0 Å². The largest absolute Gasteiger partial charge is 0.508 e. The van der Waals surface area contributed by atoms with Gasteiger partial charge < -0.3 is 10.4 Å². The maximum atomic E-state index is 9.19. The molecule has 0 aliphatic heterocycles. The monoisotopic (exact) mass is 219 g/mol. The summed E-state index contributed by atoms with van der Waals surface area (Å²) in [5, 5.41) is 12.8. The van der Waals surface area contributed by atoms with Crippen LogP contribution in [0.3, 0.4) is 0 Å². The Hall–Kier alpha value is -1.02. The molecular formula is C14H21NO. The third-order valence-electron chi connectivity index (χ3n) is 3.67. The highest BCUT2D eigenvalue weighted by Gasteiger charge is 2.20. The van der Waals surface area contributed by atoms with Crippen molar-refractivity contribution in [1.82, 2.24) is 5.32 Å². The minimum Gasteiger partial charge on any atom is -0.508 e. The first-order valence-electron chi connectivity index (χ1n) is 6.27. The smallest absolute Gasteiger partial charge is 0.115 e. The van der Waals surface area contributed by atoms with Crippen molar-refractivity contribution in [3.8, 4) is 5.75 Å². The summed E-state index contributed by atoms with van der Waals surface area (Å²) in [5.41, 5.74) is 1.24. The summed E-state index contributed by atoms with van der Waals surface area (Å²) in [6.45, 7) is 3.19. The number of nitrogens with one attached hydrogen (secondary N) is 1. The van der Waals surface area contributed by atoms with Crippen LogP contribution in [0.5, 0.6) is 5.75 Å². The molecule has 1 unspecified atom stereocenters. The Morgan fingerprint density at radius 3 is 2.50 bits per heavy atom. The van der Waals surface area contributed by atoms with Crippen LogP contribution < -0.4 is 5.32 Å². The van der Waals surface area contributed by atoms with E-state index in [9.17, 15) is 5.11 Å². The van der Waals surface area contributed by atoms with Gasteiger partial charge in [-0.2, -0.15) is 0 Å². The third kappa shape index (κ3) is 2.99. The van der Waals surface area contributed by atoms with E-state index >= 15 is 0 Å². The summed E-state index contributed by atoms with van der Waals surface area (Å²) in [7, 11) is 0. The SMILES string of the molecule is CC(NCc1ccc(O)cc1)C1CCCC1. The molecule has 0 aromatic heterocycles. The zero-order valence-corrected chi connectivity index (χ0v) is 9.95. The number of benzene rings is 1. The zero-order valence-electron chi connectivity index (χ0n) is 9.95. The van der Waals surface area contributed by atoms with Crippen LogP contribution in [0.4, 0.5) is 0 Å². The lowest BCUT2D eigenvalue weighted by atomic mass is 9.99. The second-order valence-electron chi connectivity index (χ2n) is 4.88. The predicted octanol–water partition coefficient (Wildman–Crippen LogP) is 3.06. The molecule has 1 aromatic carbocycles. The van der Waals surface area contributed by atoms with Crippen LogP contribution in [0.1, 0.15) is 38.2 Å². The van der Waals surface area contributed by atoms with E-state index in [4.69, 9.17) is 0 Å². The lowest BCUT2D eigenvalue weighted by Crippen LogP contribution is -2.31. The molecule has 0 bridgehead atoms. The van der Waals surface area contributed by atoms with Crippen LogP contribution in [-0.2, 0) is 6.54 Å². The molecule has 2 nitrogen and oxygen atoms in total. The minimum absolute atomic E-state index is 0.340. The van der Waals surface area contributed by atoms with E-state index in [1.165, 1.54) is 31.2 Å². The van der Waals surface area contributed by atoms with Gasteiger partial charge in [0.15, 0.2) is 0 Å². The van der Waals surface area contributed by atoms with Crippen molar-refractivity contribution in [2.45, 2.75) is 45.2 Å². The van der Waals surface area contributed by atoms with Gasteiger partial charge in [-0.15, -0.1) is 0 Å². The Morgan fingerprint density at radius 2 is 1.88 bits per heavy atom. The Labute approximate surface area is 97.7 Å². The Balaban J connectivity index is 1.80. The molecule has 1 fully saturated rings. The lowest BCUT2D eigenvalue weighted by molar-refractivity contribution is 0.380. The molecule has 88 valence electrons. The number of phenols is 1. The first-order chi connectivity index (χ1) is 7.75. The van der Waals surface area contributed by atoms with E-state index in [0.29, 0.717) is 11.8 Å². The Bertz CT molecular complexity index is 314. The highest BCUT2D eigenvalue weighted by molar-refractivity contribution is 5.25. The van der Waals surface area contributed by atoms with Crippen molar-refractivity contribution >= 4 is 0 Å². The molecule has 2 N–H and O–H groups in total. The normalized spacial score (nSPS) is 18.8. The van der Waals surface area contributed by atoms with Gasteiger partial charge in [0.2, 0.25) is 0 Å². The van der Waals surface area contributed by atoms with Crippen molar-refractivity contribution in [2.75, 3.05) is 0 Å². The maximum Gasteiger partial charge on any atom is 0.115 e. The lowest BCUT2D eigenvalue weighted by Gasteiger charge is -2.20. The molecule has 0 radical (unpaired) electrons. The van der Waals surface area contributed by atoms with Gasteiger partial charge in [0.1, 0.15) is 5.75 Å². The van der Waals surface area contributed by atoms with Crippen LogP contribution in [0.25, 0.3) is 0 Å². The molecule has 1 atom stereocenters. The molecule has 1 aromatic rings. The fourth-order valence-corrected chi connectivity index (χ4v) is 2.52. The number of phenolic OH excluding ortho intramolecular Hbond substituents is 1. The molecule has 1 saturated carbocycles. The first kappa shape index (κ1) is 11.5. The summed E-state index contributed by atoms with van der Waals surface area (Å²) in [6.07, 6.45) is 5.55. The second-order valence-corrected chi connectivity index (χ2v) is 4.88. The van der Waals surface area contributed by atoms with E-state index in [2.05, 4.69) is 12.2 Å². The highest BCUT2D eigenvalue weighted by atomic mass is 16.3. The second kappa shape index (κ2) is 5.35. The summed E-state index contributed by atoms with van der Waals surface area (Å²) in [5.74, 6) is 1.20. The van der Waals surface area contributed by atoms with Crippen molar-refractivity contribution in [2.24, 2.45) is 5.92 Å². The maximum absolute atomic E-state index is 9.19. The van der Waals surface area contributed by atoms with Gasteiger partial charge in [-0.3, -0.25) is 0 Å². The fraction of sp³-hybridized carbons (Fsp3) is 0.571. The van der Waals surface area contributed by atoms with Crippen LogP contribution in [0.15, 0.2) is 24.3 Å². The summed E-state index contributed by atoms with van der Waals surface area (Å²) in [4.78, 5) is 0. The van der Waals surface area contributed by atoms with E-state index < -0.39 is 0 Å². The molecule has 1 aliphatic rings. The van der Waals surface area contributed by atoms with Crippen LogP contribution in [-0.4, -0.2) is 11.1 Å². The average molecular weight is 219 g/mol. The topological polar surface area (TPSA) is 32.3 Å². The standard InChI is InChI=1S/C14H21NO/c1-11(13-4-2-3-5-13)15-10-12-6-8-14(16)9-7-12/h6-9,11,13,15-16H,2-5,10H2,1H3. The van der Waals surface area contributed by atoms with Crippen LogP contribution in [0, 0.1) is 5.92 Å².